The first-order valence-electron chi connectivity index (χ1n) is 8.35. The Balaban J connectivity index is 1.64. The molecule has 1 heterocycles. The highest BCUT2D eigenvalue weighted by molar-refractivity contribution is 5.93. The molecule has 0 aliphatic rings. The minimum atomic E-state index is -4.77. The second-order valence-corrected chi connectivity index (χ2v) is 5.91. The standard InChI is InChI=1S/C19H16F3N3O4/c1-28-15-4-2-3-13-16(15)23-10-14(17(13)26)25-18(27)24-9-11-5-7-12(8-6-11)29-19(20,21)22/h2-8,10H,9H2,1H3,(H,23,26)(H2,24,25,27). The summed E-state index contributed by atoms with van der Waals surface area (Å²) in [6, 6.07) is 9.37. The average Bonchev–Trinajstić information content (AvgIpc) is 2.68. The van der Waals surface area contributed by atoms with E-state index in [1.54, 1.807) is 18.2 Å². The summed E-state index contributed by atoms with van der Waals surface area (Å²) in [7, 11) is 1.48. The van der Waals surface area contributed by atoms with Gasteiger partial charge in [-0.3, -0.25) is 4.79 Å². The zero-order valence-electron chi connectivity index (χ0n) is 15.1. The van der Waals surface area contributed by atoms with Gasteiger partial charge in [0.05, 0.1) is 18.0 Å². The van der Waals surface area contributed by atoms with Crippen LogP contribution in [0.2, 0.25) is 0 Å². The van der Waals surface area contributed by atoms with Gasteiger partial charge in [-0.2, -0.15) is 0 Å². The summed E-state index contributed by atoms with van der Waals surface area (Å²) in [5.74, 6) is 0.136. The minimum Gasteiger partial charge on any atom is -0.495 e. The molecule has 3 aromatic rings. The van der Waals surface area contributed by atoms with E-state index in [0.717, 1.165) is 12.1 Å². The lowest BCUT2D eigenvalue weighted by atomic mass is 10.2. The number of aromatic amines is 1. The van der Waals surface area contributed by atoms with E-state index in [9.17, 15) is 22.8 Å². The molecule has 7 nitrogen and oxygen atoms in total. The van der Waals surface area contributed by atoms with Crippen LogP contribution in [-0.2, 0) is 6.54 Å². The summed E-state index contributed by atoms with van der Waals surface area (Å²) in [6.07, 6.45) is -3.41. The fraction of sp³-hybridized carbons (Fsp3) is 0.158. The third-order valence-corrected chi connectivity index (χ3v) is 3.95. The van der Waals surface area contributed by atoms with Crippen LogP contribution in [0.4, 0.5) is 23.7 Å². The van der Waals surface area contributed by atoms with E-state index in [2.05, 4.69) is 20.4 Å². The number of fused-ring (bicyclic) bond motifs is 1. The molecule has 29 heavy (non-hydrogen) atoms. The SMILES string of the molecule is COc1cccc2c(=O)c(NC(=O)NCc3ccc(OC(F)(F)F)cc3)c[nH]c12. The third kappa shape index (κ3) is 4.98. The molecule has 0 bridgehead atoms. The van der Waals surface area contributed by atoms with Crippen molar-refractivity contribution in [3.05, 3.63) is 64.4 Å². The summed E-state index contributed by atoms with van der Waals surface area (Å²) in [4.78, 5) is 27.5. The van der Waals surface area contributed by atoms with Crippen molar-refractivity contribution in [2.75, 3.05) is 12.4 Å². The first kappa shape index (κ1) is 20.1. The van der Waals surface area contributed by atoms with Gasteiger partial charge in [0.15, 0.2) is 0 Å². The molecule has 0 atom stereocenters. The summed E-state index contributed by atoms with van der Waals surface area (Å²) < 4.78 is 45.4. The Kier molecular flexibility index (Phi) is 5.62. The monoisotopic (exact) mass is 407 g/mol. The number of halogens is 3. The summed E-state index contributed by atoms with van der Waals surface area (Å²) >= 11 is 0. The van der Waals surface area contributed by atoms with Crippen LogP contribution in [0.15, 0.2) is 53.5 Å². The molecule has 0 radical (unpaired) electrons. The first-order valence-corrected chi connectivity index (χ1v) is 8.35. The van der Waals surface area contributed by atoms with Crippen LogP contribution in [0, 0.1) is 0 Å². The normalized spacial score (nSPS) is 11.2. The quantitative estimate of drug-likeness (QED) is 0.601. The van der Waals surface area contributed by atoms with Crippen LogP contribution in [0.1, 0.15) is 5.56 Å². The van der Waals surface area contributed by atoms with Gasteiger partial charge in [0.1, 0.15) is 17.2 Å². The maximum absolute atomic E-state index is 12.5. The third-order valence-electron chi connectivity index (χ3n) is 3.95. The van der Waals surface area contributed by atoms with Gasteiger partial charge in [-0.1, -0.05) is 18.2 Å². The summed E-state index contributed by atoms with van der Waals surface area (Å²) in [6.45, 7) is 0.0391. The highest BCUT2D eigenvalue weighted by Gasteiger charge is 2.30. The van der Waals surface area contributed by atoms with E-state index in [1.807, 2.05) is 0 Å². The maximum atomic E-state index is 12.5. The molecule has 0 spiro atoms. The number of amides is 2. The number of benzene rings is 2. The summed E-state index contributed by atoms with van der Waals surface area (Å²) in [5, 5.41) is 5.32. The van der Waals surface area contributed by atoms with Crippen molar-refractivity contribution in [2.24, 2.45) is 0 Å². The Hall–Kier alpha value is -3.69. The number of urea groups is 1. The van der Waals surface area contributed by atoms with Crippen LogP contribution in [0.3, 0.4) is 0 Å². The molecule has 0 aliphatic carbocycles. The number of para-hydroxylation sites is 1. The predicted octanol–water partition coefficient (Wildman–Crippen LogP) is 3.76. The van der Waals surface area contributed by atoms with Gasteiger partial charge in [-0.25, -0.2) is 4.79 Å². The number of ether oxygens (including phenoxy) is 2. The van der Waals surface area contributed by atoms with Crippen LogP contribution in [0.25, 0.3) is 10.9 Å². The largest absolute Gasteiger partial charge is 0.573 e. The van der Waals surface area contributed by atoms with Gasteiger partial charge in [0.25, 0.3) is 0 Å². The number of hydrogen-bond donors (Lipinski definition) is 3. The number of carbonyl (C=O) groups excluding carboxylic acids is 1. The molecule has 2 aromatic carbocycles. The Labute approximate surface area is 162 Å². The van der Waals surface area contributed by atoms with Gasteiger partial charge in [-0.05, 0) is 29.8 Å². The minimum absolute atomic E-state index is 0.0391. The van der Waals surface area contributed by atoms with Gasteiger partial charge in [0.2, 0.25) is 5.43 Å². The van der Waals surface area contributed by atoms with E-state index >= 15 is 0 Å². The van der Waals surface area contributed by atoms with Crippen molar-refractivity contribution in [2.45, 2.75) is 12.9 Å². The van der Waals surface area contributed by atoms with Gasteiger partial charge in [-0.15, -0.1) is 13.2 Å². The zero-order valence-corrected chi connectivity index (χ0v) is 15.1. The van der Waals surface area contributed by atoms with Crippen molar-refractivity contribution in [1.29, 1.82) is 0 Å². The lowest BCUT2D eigenvalue weighted by Crippen LogP contribution is -2.30. The molecule has 0 saturated carbocycles. The number of alkyl halides is 3. The maximum Gasteiger partial charge on any atom is 0.573 e. The second kappa shape index (κ2) is 8.13. The molecule has 1 aromatic heterocycles. The molecule has 0 fully saturated rings. The van der Waals surface area contributed by atoms with Gasteiger partial charge in [0, 0.05) is 12.7 Å². The van der Waals surface area contributed by atoms with E-state index in [4.69, 9.17) is 4.74 Å². The highest BCUT2D eigenvalue weighted by Crippen LogP contribution is 2.23. The van der Waals surface area contributed by atoms with Crippen LogP contribution < -0.4 is 25.5 Å². The lowest BCUT2D eigenvalue weighted by Gasteiger charge is -2.11. The number of hydrogen-bond acceptors (Lipinski definition) is 4. The van der Waals surface area contributed by atoms with Crippen LogP contribution >= 0.6 is 0 Å². The Morgan fingerprint density at radius 1 is 1.14 bits per heavy atom. The molecule has 0 aliphatic heterocycles. The van der Waals surface area contributed by atoms with Gasteiger partial charge >= 0.3 is 12.4 Å². The topological polar surface area (TPSA) is 92.4 Å². The predicted molar refractivity (Wildman–Crippen MR) is 100 cm³/mol. The molecule has 10 heteroatoms. The number of nitrogens with one attached hydrogen (secondary N) is 3. The number of pyridine rings is 1. The number of methoxy groups -OCH3 is 1. The number of anilines is 1. The number of H-pyrrole nitrogens is 1. The molecular formula is C19H16F3N3O4. The number of carbonyl (C=O) groups is 1. The average molecular weight is 407 g/mol. The Morgan fingerprint density at radius 3 is 2.52 bits per heavy atom. The van der Waals surface area contributed by atoms with E-state index in [0.29, 0.717) is 22.2 Å². The van der Waals surface area contributed by atoms with Crippen LogP contribution in [-0.4, -0.2) is 24.5 Å². The van der Waals surface area contributed by atoms with E-state index in [-0.39, 0.29) is 23.4 Å². The van der Waals surface area contributed by atoms with Crippen molar-refractivity contribution < 1.29 is 27.4 Å². The number of aromatic nitrogens is 1. The Morgan fingerprint density at radius 2 is 1.86 bits per heavy atom. The fourth-order valence-corrected chi connectivity index (χ4v) is 2.64. The molecular weight excluding hydrogens is 391 g/mol. The fourth-order valence-electron chi connectivity index (χ4n) is 2.64. The molecule has 3 N–H and O–H groups in total. The highest BCUT2D eigenvalue weighted by atomic mass is 19.4. The Bertz CT molecular complexity index is 1080. The summed E-state index contributed by atoms with van der Waals surface area (Å²) in [5.41, 5.74) is 0.706. The van der Waals surface area contributed by atoms with E-state index in [1.165, 1.54) is 25.4 Å². The van der Waals surface area contributed by atoms with Crippen molar-refractivity contribution >= 4 is 22.6 Å². The van der Waals surface area contributed by atoms with Crippen LogP contribution in [0.5, 0.6) is 11.5 Å². The molecule has 0 saturated heterocycles. The lowest BCUT2D eigenvalue weighted by molar-refractivity contribution is -0.274. The number of rotatable bonds is 5. The second-order valence-electron chi connectivity index (χ2n) is 5.91. The van der Waals surface area contributed by atoms with Gasteiger partial charge < -0.3 is 25.1 Å². The zero-order chi connectivity index (χ0) is 21.0. The van der Waals surface area contributed by atoms with Crippen molar-refractivity contribution in [3.8, 4) is 11.5 Å². The molecule has 0 unspecified atom stereocenters. The van der Waals surface area contributed by atoms with Crippen molar-refractivity contribution in [1.82, 2.24) is 10.3 Å². The molecule has 2 amide bonds. The smallest absolute Gasteiger partial charge is 0.495 e. The first-order chi connectivity index (χ1) is 13.8. The van der Waals surface area contributed by atoms with Crippen molar-refractivity contribution in [3.63, 3.8) is 0 Å². The molecule has 3 rings (SSSR count). The molecule has 152 valence electrons. The van der Waals surface area contributed by atoms with E-state index < -0.39 is 12.4 Å².